The van der Waals surface area contributed by atoms with Crippen LogP contribution in [-0.4, -0.2) is 0 Å². The molecule has 0 radical (unpaired) electrons. The van der Waals surface area contributed by atoms with Crippen LogP contribution in [0, 0.1) is 23.2 Å². The third kappa shape index (κ3) is 4.84. The largest absolute Gasteiger partial charge is 0.103 e. The molecule has 3 aliphatic rings. The maximum atomic E-state index is 4.92. The average molecular weight is 549 g/mol. The normalized spacial score (nSPS) is 27.6. The molecule has 41 heavy (non-hydrogen) atoms. The summed E-state index contributed by atoms with van der Waals surface area (Å²) in [5, 5.41) is 0. The molecular formula is C41H56. The molecular weight excluding hydrogens is 492 g/mol. The third-order valence-electron chi connectivity index (χ3n) is 11.4. The number of benzene rings is 1. The first-order valence-electron chi connectivity index (χ1n) is 15.9. The monoisotopic (exact) mass is 548 g/mol. The first kappa shape index (κ1) is 31.3. The molecule has 0 saturated carbocycles. The van der Waals surface area contributed by atoms with Crippen LogP contribution in [0.5, 0.6) is 0 Å². The van der Waals surface area contributed by atoms with E-state index in [-0.39, 0.29) is 16.2 Å². The summed E-state index contributed by atoms with van der Waals surface area (Å²) in [6.07, 6.45) is 10.7. The summed E-state index contributed by atoms with van der Waals surface area (Å²) in [7, 11) is 0. The second-order valence-electron chi connectivity index (χ2n) is 14.9. The van der Waals surface area contributed by atoms with Gasteiger partial charge in [-0.25, -0.2) is 0 Å². The number of unbranched alkanes of at least 4 members (excludes halogenated alkanes) is 1. The van der Waals surface area contributed by atoms with Crippen molar-refractivity contribution in [2.24, 2.45) is 16.2 Å². The molecule has 1 aromatic rings. The van der Waals surface area contributed by atoms with Crippen molar-refractivity contribution in [2.45, 2.75) is 120 Å². The minimum absolute atomic E-state index is 0.0563. The molecule has 0 unspecified atom stereocenters. The molecule has 0 amide bonds. The van der Waals surface area contributed by atoms with Crippen molar-refractivity contribution in [3.05, 3.63) is 112 Å². The van der Waals surface area contributed by atoms with Gasteiger partial charge in [-0.05, 0) is 146 Å². The van der Waals surface area contributed by atoms with Crippen LogP contribution < -0.4 is 0 Å². The summed E-state index contributed by atoms with van der Waals surface area (Å²) in [6, 6.07) is 2.54. The first-order valence-corrected chi connectivity index (χ1v) is 15.9. The Bertz CT molecular complexity index is 1410. The maximum absolute atomic E-state index is 4.92. The first-order chi connectivity index (χ1) is 19.0. The predicted octanol–water partition coefficient (Wildman–Crippen LogP) is 12.1. The van der Waals surface area contributed by atoms with Crippen molar-refractivity contribution < 1.29 is 0 Å². The molecule has 3 atom stereocenters. The second kappa shape index (κ2) is 10.9. The van der Waals surface area contributed by atoms with Crippen LogP contribution in [0.3, 0.4) is 0 Å². The summed E-state index contributed by atoms with van der Waals surface area (Å²) in [4.78, 5) is 0. The Morgan fingerprint density at radius 1 is 1.02 bits per heavy atom. The Morgan fingerprint density at radius 3 is 2.27 bits per heavy atom. The predicted molar refractivity (Wildman–Crippen MR) is 182 cm³/mol. The fourth-order valence-corrected chi connectivity index (χ4v) is 9.39. The quantitative estimate of drug-likeness (QED) is 0.213. The van der Waals surface area contributed by atoms with Crippen molar-refractivity contribution in [1.82, 2.24) is 0 Å². The van der Waals surface area contributed by atoms with Crippen LogP contribution in [0.4, 0.5) is 0 Å². The molecule has 4 rings (SSSR count). The minimum atomic E-state index is -0.119. The lowest BCUT2D eigenvalue weighted by molar-refractivity contribution is 0.0543. The molecule has 0 nitrogen and oxygen atoms in total. The number of hydrogen-bond acceptors (Lipinski definition) is 0. The minimum Gasteiger partial charge on any atom is -0.103 e. The van der Waals surface area contributed by atoms with Crippen LogP contribution in [0.2, 0.25) is 0 Å². The molecule has 1 aromatic carbocycles. The van der Waals surface area contributed by atoms with Gasteiger partial charge in [0.15, 0.2) is 0 Å². The zero-order chi connectivity index (χ0) is 30.7. The lowest BCUT2D eigenvalue weighted by atomic mass is 9.41. The van der Waals surface area contributed by atoms with Crippen molar-refractivity contribution in [3.63, 3.8) is 0 Å². The molecule has 3 aliphatic carbocycles. The van der Waals surface area contributed by atoms with Gasteiger partial charge in [-0.2, -0.15) is 0 Å². The van der Waals surface area contributed by atoms with E-state index in [1.807, 2.05) is 6.08 Å². The van der Waals surface area contributed by atoms with Gasteiger partial charge in [0.05, 0.1) is 0 Å². The Kier molecular flexibility index (Phi) is 8.34. The van der Waals surface area contributed by atoms with Crippen LogP contribution in [0.1, 0.15) is 128 Å². The number of hydrogen-bond donors (Lipinski definition) is 0. The van der Waals surface area contributed by atoms with Gasteiger partial charge >= 0.3 is 0 Å². The van der Waals surface area contributed by atoms with E-state index in [0.717, 1.165) is 56.9 Å². The van der Waals surface area contributed by atoms with E-state index in [1.54, 1.807) is 5.56 Å². The molecule has 0 heteroatoms. The van der Waals surface area contributed by atoms with Crippen molar-refractivity contribution >= 4 is 5.57 Å². The molecule has 0 heterocycles. The molecule has 0 aliphatic heterocycles. The molecule has 0 aromatic heterocycles. The van der Waals surface area contributed by atoms with Crippen LogP contribution in [-0.2, 0) is 12.8 Å². The van der Waals surface area contributed by atoms with E-state index in [1.165, 1.54) is 61.3 Å². The van der Waals surface area contributed by atoms with Crippen molar-refractivity contribution in [2.75, 3.05) is 0 Å². The Morgan fingerprint density at radius 2 is 1.68 bits per heavy atom. The van der Waals surface area contributed by atoms with Gasteiger partial charge in [0.2, 0.25) is 0 Å². The Hall–Kier alpha value is -2.60. The second-order valence-corrected chi connectivity index (χ2v) is 14.9. The van der Waals surface area contributed by atoms with Gasteiger partial charge in [0, 0.05) is 5.41 Å². The van der Waals surface area contributed by atoms with Gasteiger partial charge in [-0.1, -0.05) is 95.4 Å². The highest BCUT2D eigenvalue weighted by atomic mass is 14.6. The number of aryl methyl sites for hydroxylation is 1. The maximum Gasteiger partial charge on any atom is 0.0194 e. The van der Waals surface area contributed by atoms with Crippen LogP contribution in [0.25, 0.3) is 5.57 Å². The average Bonchev–Trinajstić information content (AvgIpc) is 2.85. The van der Waals surface area contributed by atoms with Crippen LogP contribution in [0.15, 0.2) is 84.0 Å². The lowest BCUT2D eigenvalue weighted by Crippen LogP contribution is -2.52. The third-order valence-corrected chi connectivity index (χ3v) is 11.4. The topological polar surface area (TPSA) is 0 Å². The van der Waals surface area contributed by atoms with Gasteiger partial charge < -0.3 is 0 Å². The Labute approximate surface area is 252 Å². The highest BCUT2D eigenvalue weighted by Crippen LogP contribution is 2.70. The number of rotatable bonds is 9. The molecule has 0 N–H and O–H groups in total. The number of fused-ring (bicyclic) bond motifs is 3. The summed E-state index contributed by atoms with van der Waals surface area (Å²) in [6.45, 7) is 43.8. The standard InChI is InChI=1S/C41H56/c1-15-16-17-18-27(6)19-20-33-21-34(25(2)3)35-23-39(12)24-40(13)22-28(7)36(26(4)5)31(10)41(40,14)32(11)38(39)30(9)37(35)29(33)8/h15,21,25H,1,4,6,9-10,16-20,22-24H2,2-3,5,7-8,11-14H3/t39-,40+,41-/m1/s1. The van der Waals surface area contributed by atoms with E-state index < -0.39 is 0 Å². The van der Waals surface area contributed by atoms with E-state index >= 15 is 0 Å². The zero-order valence-electron chi connectivity index (χ0n) is 27.9. The van der Waals surface area contributed by atoms with Gasteiger partial charge in [0.1, 0.15) is 0 Å². The van der Waals surface area contributed by atoms with Crippen LogP contribution >= 0.6 is 0 Å². The number of allylic oxidation sites excluding steroid dienone is 9. The van der Waals surface area contributed by atoms with E-state index in [9.17, 15) is 0 Å². The highest BCUT2D eigenvalue weighted by molar-refractivity contribution is 5.87. The highest BCUT2D eigenvalue weighted by Gasteiger charge is 2.59. The summed E-state index contributed by atoms with van der Waals surface area (Å²) in [5.41, 5.74) is 18.2. The summed E-state index contributed by atoms with van der Waals surface area (Å²) >= 11 is 0. The van der Waals surface area contributed by atoms with E-state index in [4.69, 9.17) is 13.2 Å². The zero-order valence-corrected chi connectivity index (χ0v) is 27.9. The van der Waals surface area contributed by atoms with E-state index in [2.05, 4.69) is 88.1 Å². The summed E-state index contributed by atoms with van der Waals surface area (Å²) in [5.74, 6) is 0.476. The Balaban J connectivity index is 1.86. The molecule has 0 spiro atoms. The van der Waals surface area contributed by atoms with Gasteiger partial charge in [-0.3, -0.25) is 0 Å². The smallest absolute Gasteiger partial charge is 0.0194 e. The molecule has 0 bridgehead atoms. The fourth-order valence-electron chi connectivity index (χ4n) is 9.39. The van der Waals surface area contributed by atoms with Crippen molar-refractivity contribution in [3.8, 4) is 0 Å². The molecule has 0 saturated heterocycles. The molecule has 220 valence electrons. The van der Waals surface area contributed by atoms with Gasteiger partial charge in [0.25, 0.3) is 0 Å². The molecule has 0 fully saturated rings. The SMILES string of the molecule is C=CCCCC(=C)CCc1cc(C(C)C)c2c(c1C)C(=C)C1=C(C)[C@@]3(C)C(=C)C(C(=C)C)=C(C)C[C@@]3(C)C[C@@]1(C)C2. The van der Waals surface area contributed by atoms with Gasteiger partial charge in [-0.15, -0.1) is 6.58 Å². The lowest BCUT2D eigenvalue weighted by Gasteiger charge is -2.62. The van der Waals surface area contributed by atoms with Crippen molar-refractivity contribution in [1.29, 1.82) is 0 Å². The van der Waals surface area contributed by atoms with E-state index in [0.29, 0.717) is 5.92 Å². The summed E-state index contributed by atoms with van der Waals surface area (Å²) < 4.78 is 0. The fraction of sp³-hybridized carbons (Fsp3) is 0.512.